The second-order valence-electron chi connectivity index (χ2n) is 7.07. The Morgan fingerprint density at radius 1 is 1.11 bits per heavy atom. The fourth-order valence-electron chi connectivity index (χ4n) is 3.10. The maximum Gasteiger partial charge on any atom is 0.254 e. The van der Waals surface area contributed by atoms with Gasteiger partial charge in [-0.25, -0.2) is 8.42 Å². The van der Waals surface area contributed by atoms with Gasteiger partial charge in [-0.1, -0.05) is 6.07 Å². The molecule has 2 aromatic carbocycles. The molecule has 0 saturated carbocycles. The summed E-state index contributed by atoms with van der Waals surface area (Å²) in [6.45, 7) is 4.59. The topological polar surface area (TPSA) is 77.9 Å². The number of carbonyl (C=O) groups is 1. The zero-order valence-corrected chi connectivity index (χ0v) is 16.5. The number of aromatic hydroxyl groups is 1. The predicted octanol–water partition coefficient (Wildman–Crippen LogP) is 2.62. The molecule has 1 heterocycles. The smallest absolute Gasteiger partial charge is 0.254 e. The highest BCUT2D eigenvalue weighted by molar-refractivity contribution is 7.89. The molecular formula is C20H24N2O4S. The third-order valence-corrected chi connectivity index (χ3v) is 7.03. The molecule has 0 radical (unpaired) electrons. The van der Waals surface area contributed by atoms with E-state index in [0.717, 1.165) is 11.1 Å². The number of fused-ring (bicyclic) bond motifs is 1. The van der Waals surface area contributed by atoms with Crippen LogP contribution in [-0.4, -0.2) is 48.3 Å². The molecule has 0 unspecified atom stereocenters. The lowest BCUT2D eigenvalue weighted by molar-refractivity contribution is 0.0734. The highest BCUT2D eigenvalue weighted by Crippen LogP contribution is 2.26. The Hall–Kier alpha value is -2.38. The number of hydrogen-bond acceptors (Lipinski definition) is 4. The van der Waals surface area contributed by atoms with Crippen LogP contribution in [0, 0.1) is 0 Å². The summed E-state index contributed by atoms with van der Waals surface area (Å²) in [6.07, 6.45) is 0.680. The minimum absolute atomic E-state index is 0.111. The second kappa shape index (κ2) is 7.32. The normalized spacial score (nSPS) is 14.5. The standard InChI is InChI=1S/C20H24N2O4S/c1-14(2)21(3)27(25,26)19-9-6-15-10-11-22(13-17(15)12-19)20(24)16-4-7-18(23)8-5-16/h4-9,12,14,23H,10-11,13H2,1-3H3. The molecule has 0 aliphatic carbocycles. The average Bonchev–Trinajstić information content (AvgIpc) is 2.66. The van der Waals surface area contributed by atoms with E-state index in [1.54, 1.807) is 36.2 Å². The van der Waals surface area contributed by atoms with Gasteiger partial charge in [0.25, 0.3) is 5.91 Å². The molecule has 0 fully saturated rings. The number of phenols is 1. The van der Waals surface area contributed by atoms with Crippen LogP contribution < -0.4 is 0 Å². The van der Waals surface area contributed by atoms with Gasteiger partial charge in [0.15, 0.2) is 0 Å². The Kier molecular flexibility index (Phi) is 5.26. The van der Waals surface area contributed by atoms with Gasteiger partial charge >= 0.3 is 0 Å². The molecule has 3 rings (SSSR count). The number of rotatable bonds is 4. The van der Waals surface area contributed by atoms with Gasteiger partial charge in [0.05, 0.1) is 4.90 Å². The third kappa shape index (κ3) is 3.84. The molecule has 0 saturated heterocycles. The molecule has 6 nitrogen and oxygen atoms in total. The fourth-order valence-corrected chi connectivity index (χ4v) is 4.52. The first-order valence-electron chi connectivity index (χ1n) is 8.88. The first-order valence-corrected chi connectivity index (χ1v) is 10.3. The number of phenolic OH excluding ortho intramolecular Hbond substituents is 1. The molecule has 7 heteroatoms. The van der Waals surface area contributed by atoms with Crippen molar-refractivity contribution < 1.29 is 18.3 Å². The number of sulfonamides is 1. The van der Waals surface area contributed by atoms with Crippen molar-refractivity contribution in [2.24, 2.45) is 0 Å². The SMILES string of the molecule is CC(C)N(C)S(=O)(=O)c1ccc2c(c1)CN(C(=O)c1ccc(O)cc1)CC2. The summed E-state index contributed by atoms with van der Waals surface area (Å²) in [7, 11) is -1.99. The number of amides is 1. The van der Waals surface area contributed by atoms with Gasteiger partial charge in [0, 0.05) is 31.7 Å². The molecule has 144 valence electrons. The molecule has 27 heavy (non-hydrogen) atoms. The zero-order chi connectivity index (χ0) is 19.8. The van der Waals surface area contributed by atoms with E-state index >= 15 is 0 Å². The third-order valence-electron chi connectivity index (χ3n) is 5.00. The molecule has 0 bridgehead atoms. The van der Waals surface area contributed by atoms with Gasteiger partial charge in [0.2, 0.25) is 10.0 Å². The van der Waals surface area contributed by atoms with Gasteiger partial charge < -0.3 is 10.0 Å². The number of benzene rings is 2. The van der Waals surface area contributed by atoms with E-state index in [-0.39, 0.29) is 22.6 Å². The van der Waals surface area contributed by atoms with Crippen molar-refractivity contribution in [1.29, 1.82) is 0 Å². The van der Waals surface area contributed by atoms with E-state index in [4.69, 9.17) is 0 Å². The van der Waals surface area contributed by atoms with E-state index < -0.39 is 10.0 Å². The number of hydrogen-bond donors (Lipinski definition) is 1. The van der Waals surface area contributed by atoms with Crippen molar-refractivity contribution >= 4 is 15.9 Å². The lowest BCUT2D eigenvalue weighted by Crippen LogP contribution is -2.36. The van der Waals surface area contributed by atoms with Crippen LogP contribution >= 0.6 is 0 Å². The molecule has 1 N–H and O–H groups in total. The minimum Gasteiger partial charge on any atom is -0.508 e. The van der Waals surface area contributed by atoms with Crippen LogP contribution in [0.15, 0.2) is 47.4 Å². The monoisotopic (exact) mass is 388 g/mol. The van der Waals surface area contributed by atoms with Crippen LogP contribution in [0.3, 0.4) is 0 Å². The Balaban J connectivity index is 1.87. The summed E-state index contributed by atoms with van der Waals surface area (Å²) >= 11 is 0. The molecule has 1 aliphatic heterocycles. The van der Waals surface area contributed by atoms with E-state index in [1.165, 1.54) is 16.4 Å². The Labute approximate surface area is 160 Å². The molecule has 1 amide bonds. The predicted molar refractivity (Wildman–Crippen MR) is 103 cm³/mol. The van der Waals surface area contributed by atoms with Crippen molar-refractivity contribution in [1.82, 2.24) is 9.21 Å². The van der Waals surface area contributed by atoms with Crippen LogP contribution in [0.1, 0.15) is 35.3 Å². The summed E-state index contributed by atoms with van der Waals surface area (Å²) in [5.74, 6) is -0.0205. The highest BCUT2D eigenvalue weighted by atomic mass is 32.2. The van der Waals surface area contributed by atoms with E-state index in [2.05, 4.69) is 0 Å². The van der Waals surface area contributed by atoms with Gasteiger partial charge in [0.1, 0.15) is 5.75 Å². The first kappa shape index (κ1) is 19.4. The van der Waals surface area contributed by atoms with Crippen LogP contribution in [0.25, 0.3) is 0 Å². The summed E-state index contributed by atoms with van der Waals surface area (Å²) in [5.41, 5.74) is 2.42. The molecule has 0 spiro atoms. The number of carbonyl (C=O) groups excluding carboxylic acids is 1. The van der Waals surface area contributed by atoms with Crippen molar-refractivity contribution in [3.05, 3.63) is 59.2 Å². The van der Waals surface area contributed by atoms with Gasteiger partial charge in [-0.15, -0.1) is 0 Å². The largest absolute Gasteiger partial charge is 0.508 e. The van der Waals surface area contributed by atoms with Crippen LogP contribution in [-0.2, 0) is 23.0 Å². The van der Waals surface area contributed by atoms with E-state index in [9.17, 15) is 18.3 Å². The second-order valence-corrected chi connectivity index (χ2v) is 9.07. The zero-order valence-electron chi connectivity index (χ0n) is 15.7. The summed E-state index contributed by atoms with van der Waals surface area (Å²) in [4.78, 5) is 14.7. The maximum atomic E-state index is 12.7. The van der Waals surface area contributed by atoms with Crippen molar-refractivity contribution in [2.45, 2.75) is 37.8 Å². The highest BCUT2D eigenvalue weighted by Gasteiger charge is 2.27. The van der Waals surface area contributed by atoms with Crippen LogP contribution in [0.2, 0.25) is 0 Å². The molecule has 0 aromatic heterocycles. The Morgan fingerprint density at radius 3 is 2.41 bits per heavy atom. The minimum atomic E-state index is -3.56. The summed E-state index contributed by atoms with van der Waals surface area (Å²) in [6, 6.07) is 11.2. The maximum absolute atomic E-state index is 12.7. The van der Waals surface area contributed by atoms with Crippen molar-refractivity contribution in [3.8, 4) is 5.75 Å². The summed E-state index contributed by atoms with van der Waals surface area (Å²) < 4.78 is 26.8. The Bertz CT molecular complexity index is 952. The molecule has 0 atom stereocenters. The van der Waals surface area contributed by atoms with Gasteiger partial charge in [-0.2, -0.15) is 4.31 Å². The molecular weight excluding hydrogens is 364 g/mol. The van der Waals surface area contributed by atoms with Gasteiger partial charge in [-0.3, -0.25) is 4.79 Å². The molecule has 1 aliphatic rings. The van der Waals surface area contributed by atoms with Crippen LogP contribution in [0.5, 0.6) is 5.75 Å². The summed E-state index contributed by atoms with van der Waals surface area (Å²) in [5, 5.41) is 9.38. The average molecular weight is 388 g/mol. The Morgan fingerprint density at radius 2 is 1.78 bits per heavy atom. The first-order chi connectivity index (χ1) is 12.7. The van der Waals surface area contributed by atoms with Crippen molar-refractivity contribution in [3.63, 3.8) is 0 Å². The van der Waals surface area contributed by atoms with E-state index in [1.807, 2.05) is 19.9 Å². The lowest BCUT2D eigenvalue weighted by atomic mass is 9.99. The van der Waals surface area contributed by atoms with Gasteiger partial charge in [-0.05, 0) is 67.8 Å². The fraction of sp³-hybridized carbons (Fsp3) is 0.350. The lowest BCUT2D eigenvalue weighted by Gasteiger charge is -2.30. The molecule has 2 aromatic rings. The van der Waals surface area contributed by atoms with Crippen LogP contribution in [0.4, 0.5) is 0 Å². The quantitative estimate of drug-likeness (QED) is 0.873. The van der Waals surface area contributed by atoms with E-state index in [0.29, 0.717) is 25.1 Å². The number of nitrogens with zero attached hydrogens (tertiary/aromatic N) is 2. The van der Waals surface area contributed by atoms with Crippen molar-refractivity contribution in [2.75, 3.05) is 13.6 Å².